The molecule has 0 aliphatic rings. The van der Waals surface area contributed by atoms with Crippen molar-refractivity contribution in [3.8, 4) is 0 Å². The van der Waals surface area contributed by atoms with Crippen LogP contribution >= 0.6 is 0 Å². The minimum absolute atomic E-state index is 0.232. The Bertz CT molecular complexity index is 300. The number of aliphatic hydroxyl groups excluding tert-OH is 1. The van der Waals surface area contributed by atoms with Gasteiger partial charge in [0, 0.05) is 13.0 Å². The minimum atomic E-state index is -0.657. The summed E-state index contributed by atoms with van der Waals surface area (Å²) in [6.45, 7) is 3.86. The van der Waals surface area contributed by atoms with Crippen LogP contribution in [0.1, 0.15) is 31.4 Å². The number of hydrogen-bond acceptors (Lipinski definition) is 2. The normalized spacial score (nSPS) is 11.7. The van der Waals surface area contributed by atoms with E-state index >= 15 is 0 Å². The average molecular weight is 208 g/mol. The molecule has 84 valence electrons. The molecule has 1 aromatic carbocycles. The van der Waals surface area contributed by atoms with Gasteiger partial charge < -0.3 is 10.2 Å². The zero-order valence-electron chi connectivity index (χ0n) is 9.53. The van der Waals surface area contributed by atoms with Crippen LogP contribution in [0.4, 0.5) is 0 Å². The van der Waals surface area contributed by atoms with Crippen LogP contribution in [0.15, 0.2) is 24.3 Å². The summed E-state index contributed by atoms with van der Waals surface area (Å²) in [6, 6.07) is 8.20. The number of benzene rings is 1. The van der Waals surface area contributed by atoms with E-state index in [4.69, 9.17) is 5.11 Å². The molecule has 0 aliphatic heterocycles. The van der Waals surface area contributed by atoms with Crippen molar-refractivity contribution in [3.05, 3.63) is 35.4 Å². The van der Waals surface area contributed by atoms with Gasteiger partial charge in [0.1, 0.15) is 0 Å². The van der Waals surface area contributed by atoms with E-state index < -0.39 is 5.60 Å². The maximum atomic E-state index is 9.70. The summed E-state index contributed by atoms with van der Waals surface area (Å²) in [6.07, 6.45) is 2.36. The van der Waals surface area contributed by atoms with Gasteiger partial charge in [-0.3, -0.25) is 0 Å². The summed E-state index contributed by atoms with van der Waals surface area (Å²) >= 11 is 0. The van der Waals surface area contributed by atoms with E-state index in [-0.39, 0.29) is 6.61 Å². The van der Waals surface area contributed by atoms with Gasteiger partial charge in [0.2, 0.25) is 0 Å². The highest BCUT2D eigenvalue weighted by Gasteiger charge is 2.13. The molecule has 0 aliphatic carbocycles. The Labute approximate surface area is 91.6 Å². The molecule has 2 N–H and O–H groups in total. The molecule has 0 atom stereocenters. The van der Waals surface area contributed by atoms with Gasteiger partial charge in [-0.05, 0) is 37.8 Å². The Balaban J connectivity index is 2.66. The third-order valence-electron chi connectivity index (χ3n) is 2.25. The van der Waals surface area contributed by atoms with E-state index in [0.29, 0.717) is 6.42 Å². The van der Waals surface area contributed by atoms with Crippen LogP contribution in [0.3, 0.4) is 0 Å². The van der Waals surface area contributed by atoms with Gasteiger partial charge in [-0.1, -0.05) is 24.3 Å². The first-order valence-corrected chi connectivity index (χ1v) is 5.42. The SMILES string of the molecule is CC(C)(O)Cc1cccc(CCCO)c1. The Kier molecular flexibility index (Phi) is 4.30. The lowest BCUT2D eigenvalue weighted by Crippen LogP contribution is -2.21. The zero-order chi connectivity index (χ0) is 11.3. The van der Waals surface area contributed by atoms with Crippen molar-refractivity contribution in [2.75, 3.05) is 6.61 Å². The molecule has 0 spiro atoms. The van der Waals surface area contributed by atoms with Gasteiger partial charge in [-0.2, -0.15) is 0 Å². The maximum Gasteiger partial charge on any atom is 0.0631 e. The summed E-state index contributed by atoms with van der Waals surface area (Å²) in [4.78, 5) is 0. The van der Waals surface area contributed by atoms with Gasteiger partial charge in [0.05, 0.1) is 5.60 Å². The Morgan fingerprint density at radius 2 is 1.87 bits per heavy atom. The van der Waals surface area contributed by atoms with E-state index in [1.54, 1.807) is 0 Å². The van der Waals surface area contributed by atoms with E-state index in [1.807, 2.05) is 26.0 Å². The van der Waals surface area contributed by atoms with E-state index in [1.165, 1.54) is 5.56 Å². The summed E-state index contributed by atoms with van der Waals surface area (Å²) in [5.74, 6) is 0. The highest BCUT2D eigenvalue weighted by Crippen LogP contribution is 2.14. The van der Waals surface area contributed by atoms with Crippen LogP contribution in [-0.2, 0) is 12.8 Å². The topological polar surface area (TPSA) is 40.5 Å². The van der Waals surface area contributed by atoms with Crippen molar-refractivity contribution in [3.63, 3.8) is 0 Å². The van der Waals surface area contributed by atoms with Crippen molar-refractivity contribution in [2.45, 2.75) is 38.7 Å². The molecule has 15 heavy (non-hydrogen) atoms. The molecule has 1 rings (SSSR count). The second-order valence-corrected chi connectivity index (χ2v) is 4.64. The minimum Gasteiger partial charge on any atom is -0.396 e. The molecule has 0 heterocycles. The van der Waals surface area contributed by atoms with E-state index in [9.17, 15) is 5.11 Å². The predicted molar refractivity (Wildman–Crippen MR) is 61.9 cm³/mol. The molecule has 1 aromatic rings. The molecule has 0 aromatic heterocycles. The Morgan fingerprint density at radius 1 is 1.20 bits per heavy atom. The third kappa shape index (κ3) is 4.96. The molecule has 0 saturated carbocycles. The fourth-order valence-corrected chi connectivity index (χ4v) is 1.68. The summed E-state index contributed by atoms with van der Waals surface area (Å²) in [5.41, 5.74) is 1.72. The monoisotopic (exact) mass is 208 g/mol. The summed E-state index contributed by atoms with van der Waals surface area (Å²) in [7, 11) is 0. The van der Waals surface area contributed by atoms with Gasteiger partial charge in [-0.25, -0.2) is 0 Å². The Morgan fingerprint density at radius 3 is 2.47 bits per heavy atom. The quantitative estimate of drug-likeness (QED) is 0.776. The molecular weight excluding hydrogens is 188 g/mol. The second kappa shape index (κ2) is 5.29. The Hall–Kier alpha value is -0.860. The van der Waals surface area contributed by atoms with Crippen LogP contribution < -0.4 is 0 Å². The third-order valence-corrected chi connectivity index (χ3v) is 2.25. The van der Waals surface area contributed by atoms with Gasteiger partial charge in [-0.15, -0.1) is 0 Å². The van der Waals surface area contributed by atoms with Gasteiger partial charge >= 0.3 is 0 Å². The molecule has 0 unspecified atom stereocenters. The second-order valence-electron chi connectivity index (χ2n) is 4.64. The lowest BCUT2D eigenvalue weighted by Gasteiger charge is -2.17. The lowest BCUT2D eigenvalue weighted by molar-refractivity contribution is 0.0810. The van der Waals surface area contributed by atoms with Crippen LogP contribution in [0.2, 0.25) is 0 Å². The highest BCUT2D eigenvalue weighted by molar-refractivity contribution is 5.24. The van der Waals surface area contributed by atoms with Crippen molar-refractivity contribution in [1.29, 1.82) is 0 Å². The van der Waals surface area contributed by atoms with Crippen LogP contribution in [0.5, 0.6) is 0 Å². The molecule has 0 fully saturated rings. The van der Waals surface area contributed by atoms with Crippen molar-refractivity contribution in [1.82, 2.24) is 0 Å². The van der Waals surface area contributed by atoms with Crippen LogP contribution in [0.25, 0.3) is 0 Å². The molecule has 0 amide bonds. The molecular formula is C13H20O2. The fraction of sp³-hybridized carbons (Fsp3) is 0.538. The number of aliphatic hydroxyl groups is 2. The molecule has 0 radical (unpaired) electrons. The highest BCUT2D eigenvalue weighted by atomic mass is 16.3. The average Bonchev–Trinajstić information content (AvgIpc) is 2.12. The van der Waals surface area contributed by atoms with E-state index in [0.717, 1.165) is 18.4 Å². The van der Waals surface area contributed by atoms with Gasteiger partial charge in [0.15, 0.2) is 0 Å². The van der Waals surface area contributed by atoms with E-state index in [2.05, 4.69) is 12.1 Å². The van der Waals surface area contributed by atoms with Crippen LogP contribution in [0, 0.1) is 0 Å². The van der Waals surface area contributed by atoms with Crippen molar-refractivity contribution in [2.24, 2.45) is 0 Å². The van der Waals surface area contributed by atoms with Crippen LogP contribution in [-0.4, -0.2) is 22.4 Å². The predicted octanol–water partition coefficient (Wildman–Crippen LogP) is 1.92. The first-order chi connectivity index (χ1) is 7.01. The molecule has 0 saturated heterocycles. The smallest absolute Gasteiger partial charge is 0.0631 e. The summed E-state index contributed by atoms with van der Waals surface area (Å²) < 4.78 is 0. The fourth-order valence-electron chi connectivity index (χ4n) is 1.68. The van der Waals surface area contributed by atoms with Crippen molar-refractivity contribution >= 4 is 0 Å². The zero-order valence-corrected chi connectivity index (χ0v) is 9.53. The number of hydrogen-bond donors (Lipinski definition) is 2. The number of rotatable bonds is 5. The maximum absolute atomic E-state index is 9.70. The van der Waals surface area contributed by atoms with Gasteiger partial charge in [0.25, 0.3) is 0 Å². The summed E-state index contributed by atoms with van der Waals surface area (Å²) in [5, 5.41) is 18.4. The first kappa shape index (κ1) is 12.2. The largest absolute Gasteiger partial charge is 0.396 e. The number of aryl methyl sites for hydroxylation is 1. The lowest BCUT2D eigenvalue weighted by atomic mass is 9.96. The molecule has 2 heteroatoms. The molecule has 0 bridgehead atoms. The first-order valence-electron chi connectivity index (χ1n) is 5.42. The molecule has 2 nitrogen and oxygen atoms in total. The standard InChI is InChI=1S/C13H20O2/c1-13(2,15)10-12-6-3-5-11(9-12)7-4-8-14/h3,5-6,9,14-15H,4,7-8,10H2,1-2H3. The van der Waals surface area contributed by atoms with Crippen molar-refractivity contribution < 1.29 is 10.2 Å².